The Balaban J connectivity index is 2.07. The van der Waals surface area contributed by atoms with Gasteiger partial charge in [0, 0.05) is 10.8 Å². The molecular weight excluding hydrogens is 244 g/mol. The molecule has 0 bridgehead atoms. The van der Waals surface area contributed by atoms with Crippen LogP contribution in [-0.2, 0) is 4.79 Å². The fourth-order valence-electron chi connectivity index (χ4n) is 2.64. The van der Waals surface area contributed by atoms with E-state index in [9.17, 15) is 4.79 Å². The molecule has 1 aromatic carbocycles. The quantitative estimate of drug-likeness (QED) is 0.822. The van der Waals surface area contributed by atoms with E-state index in [1.54, 1.807) is 11.8 Å². The molecule has 0 aromatic heterocycles. The second kappa shape index (κ2) is 6.25. The van der Waals surface area contributed by atoms with Crippen LogP contribution in [0.5, 0.6) is 0 Å². The molecule has 0 saturated heterocycles. The summed E-state index contributed by atoms with van der Waals surface area (Å²) >= 11 is 1.65. The fraction of sp³-hybridized carbons (Fsp3) is 0.500. The number of para-hydroxylation sites is 1. The van der Waals surface area contributed by atoms with Gasteiger partial charge in [-0.3, -0.25) is 4.79 Å². The van der Waals surface area contributed by atoms with Gasteiger partial charge in [-0.15, -0.1) is 11.8 Å². The smallest absolute Gasteiger partial charge is 0.227 e. The Labute approximate surface area is 113 Å². The Morgan fingerprint density at radius 2 is 2.22 bits per heavy atom. The second-order valence-corrected chi connectivity index (χ2v) is 5.57. The molecule has 0 heterocycles. The molecule has 1 fully saturated rings. The zero-order valence-electron chi connectivity index (χ0n) is 10.7. The zero-order chi connectivity index (χ0) is 13.0. The van der Waals surface area contributed by atoms with Crippen molar-refractivity contribution in [2.24, 2.45) is 17.6 Å². The molecule has 2 unspecified atom stereocenters. The third-order valence-electron chi connectivity index (χ3n) is 3.66. The Bertz CT molecular complexity index is 422. The Morgan fingerprint density at radius 1 is 1.44 bits per heavy atom. The molecule has 1 aliphatic carbocycles. The molecule has 4 heteroatoms. The Morgan fingerprint density at radius 3 is 2.94 bits per heavy atom. The third kappa shape index (κ3) is 2.87. The number of carbonyl (C=O) groups excluding carboxylic acids is 1. The monoisotopic (exact) mass is 264 g/mol. The van der Waals surface area contributed by atoms with E-state index >= 15 is 0 Å². The van der Waals surface area contributed by atoms with Crippen molar-refractivity contribution in [3.63, 3.8) is 0 Å². The molecule has 1 aliphatic rings. The maximum Gasteiger partial charge on any atom is 0.227 e. The van der Waals surface area contributed by atoms with E-state index in [2.05, 4.69) is 5.32 Å². The number of hydrogen-bond acceptors (Lipinski definition) is 3. The van der Waals surface area contributed by atoms with Gasteiger partial charge in [0.2, 0.25) is 5.91 Å². The molecule has 1 aromatic rings. The molecule has 1 saturated carbocycles. The van der Waals surface area contributed by atoms with Crippen LogP contribution >= 0.6 is 11.8 Å². The fourth-order valence-corrected chi connectivity index (χ4v) is 3.19. The summed E-state index contributed by atoms with van der Waals surface area (Å²) in [6.07, 6.45) is 5.18. The second-order valence-electron chi connectivity index (χ2n) is 4.72. The average molecular weight is 264 g/mol. The van der Waals surface area contributed by atoms with Gasteiger partial charge >= 0.3 is 0 Å². The summed E-state index contributed by atoms with van der Waals surface area (Å²) in [7, 11) is 0. The van der Waals surface area contributed by atoms with Gasteiger partial charge in [0.25, 0.3) is 0 Å². The molecule has 0 radical (unpaired) electrons. The van der Waals surface area contributed by atoms with E-state index in [4.69, 9.17) is 5.73 Å². The summed E-state index contributed by atoms with van der Waals surface area (Å²) in [6.45, 7) is 0.613. The van der Waals surface area contributed by atoms with Crippen LogP contribution < -0.4 is 11.1 Å². The number of amides is 1. The van der Waals surface area contributed by atoms with Crippen molar-refractivity contribution < 1.29 is 4.79 Å². The summed E-state index contributed by atoms with van der Waals surface area (Å²) in [4.78, 5) is 13.4. The highest BCUT2D eigenvalue weighted by Gasteiger charge is 2.32. The summed E-state index contributed by atoms with van der Waals surface area (Å²) in [5.74, 6) is 0.570. The maximum absolute atomic E-state index is 12.3. The van der Waals surface area contributed by atoms with Crippen molar-refractivity contribution in [1.82, 2.24) is 0 Å². The van der Waals surface area contributed by atoms with Crippen molar-refractivity contribution in [2.75, 3.05) is 18.1 Å². The number of rotatable bonds is 4. The summed E-state index contributed by atoms with van der Waals surface area (Å²) in [5.41, 5.74) is 6.64. The van der Waals surface area contributed by atoms with Gasteiger partial charge in [0.15, 0.2) is 0 Å². The first-order valence-corrected chi connectivity index (χ1v) is 7.62. The number of nitrogens with two attached hydrogens (primary N) is 1. The highest BCUT2D eigenvalue weighted by atomic mass is 32.2. The van der Waals surface area contributed by atoms with Gasteiger partial charge < -0.3 is 11.1 Å². The van der Waals surface area contributed by atoms with Gasteiger partial charge in [-0.1, -0.05) is 18.6 Å². The predicted octanol–water partition coefficient (Wildman–Crippen LogP) is 2.72. The lowest BCUT2D eigenvalue weighted by Crippen LogP contribution is -2.29. The SMILES string of the molecule is CSc1ccccc1NC(=O)C1CCCC1CN. The summed E-state index contributed by atoms with van der Waals surface area (Å²) in [5, 5.41) is 3.05. The van der Waals surface area contributed by atoms with Crippen molar-refractivity contribution in [3.8, 4) is 0 Å². The first-order chi connectivity index (χ1) is 8.76. The topological polar surface area (TPSA) is 55.1 Å². The summed E-state index contributed by atoms with van der Waals surface area (Å²) < 4.78 is 0. The third-order valence-corrected chi connectivity index (χ3v) is 4.46. The number of benzene rings is 1. The molecular formula is C14H20N2OS. The molecule has 3 nitrogen and oxygen atoms in total. The van der Waals surface area contributed by atoms with Gasteiger partial charge in [-0.2, -0.15) is 0 Å². The highest BCUT2D eigenvalue weighted by molar-refractivity contribution is 7.98. The van der Waals surface area contributed by atoms with Crippen molar-refractivity contribution in [1.29, 1.82) is 0 Å². The molecule has 0 spiro atoms. The van der Waals surface area contributed by atoms with Crippen LogP contribution in [0, 0.1) is 11.8 Å². The molecule has 98 valence electrons. The van der Waals surface area contributed by atoms with E-state index in [0.29, 0.717) is 12.5 Å². The average Bonchev–Trinajstić information content (AvgIpc) is 2.87. The highest BCUT2D eigenvalue weighted by Crippen LogP contribution is 2.33. The van der Waals surface area contributed by atoms with Crippen LogP contribution in [-0.4, -0.2) is 18.7 Å². The van der Waals surface area contributed by atoms with E-state index < -0.39 is 0 Å². The van der Waals surface area contributed by atoms with Gasteiger partial charge in [0.1, 0.15) is 0 Å². The number of carbonyl (C=O) groups is 1. The van der Waals surface area contributed by atoms with E-state index in [-0.39, 0.29) is 11.8 Å². The van der Waals surface area contributed by atoms with E-state index in [0.717, 1.165) is 29.8 Å². The van der Waals surface area contributed by atoms with Gasteiger partial charge in [0.05, 0.1) is 5.69 Å². The number of anilines is 1. The largest absolute Gasteiger partial charge is 0.330 e. The molecule has 2 atom stereocenters. The van der Waals surface area contributed by atoms with Gasteiger partial charge in [-0.05, 0) is 43.7 Å². The Kier molecular flexibility index (Phi) is 4.66. The predicted molar refractivity (Wildman–Crippen MR) is 76.7 cm³/mol. The molecule has 1 amide bonds. The minimum atomic E-state index is 0.0879. The van der Waals surface area contributed by atoms with Crippen LogP contribution in [0.1, 0.15) is 19.3 Å². The van der Waals surface area contributed by atoms with E-state index in [1.165, 1.54) is 0 Å². The molecule has 3 N–H and O–H groups in total. The number of nitrogens with one attached hydrogen (secondary N) is 1. The van der Waals surface area contributed by atoms with Crippen molar-refractivity contribution in [2.45, 2.75) is 24.2 Å². The van der Waals surface area contributed by atoms with Crippen LogP contribution in [0.15, 0.2) is 29.2 Å². The van der Waals surface area contributed by atoms with E-state index in [1.807, 2.05) is 30.5 Å². The number of thioether (sulfide) groups is 1. The lowest BCUT2D eigenvalue weighted by Gasteiger charge is -2.18. The molecule has 2 rings (SSSR count). The molecule has 18 heavy (non-hydrogen) atoms. The lowest BCUT2D eigenvalue weighted by atomic mass is 9.95. The van der Waals surface area contributed by atoms with Crippen LogP contribution in [0.3, 0.4) is 0 Å². The van der Waals surface area contributed by atoms with Crippen molar-refractivity contribution in [3.05, 3.63) is 24.3 Å². The first kappa shape index (κ1) is 13.4. The van der Waals surface area contributed by atoms with Crippen LogP contribution in [0.2, 0.25) is 0 Å². The lowest BCUT2D eigenvalue weighted by molar-refractivity contribution is -0.120. The Hall–Kier alpha value is -1.00. The minimum absolute atomic E-state index is 0.0879. The first-order valence-electron chi connectivity index (χ1n) is 6.40. The molecule has 0 aliphatic heterocycles. The van der Waals surface area contributed by atoms with Crippen molar-refractivity contribution >= 4 is 23.4 Å². The number of hydrogen-bond donors (Lipinski definition) is 2. The normalized spacial score (nSPS) is 23.0. The van der Waals surface area contributed by atoms with Gasteiger partial charge in [-0.25, -0.2) is 0 Å². The van der Waals surface area contributed by atoms with Crippen LogP contribution in [0.4, 0.5) is 5.69 Å². The zero-order valence-corrected chi connectivity index (χ0v) is 11.5. The standard InChI is InChI=1S/C14H20N2OS/c1-18-13-8-3-2-7-12(13)16-14(17)11-6-4-5-10(11)9-15/h2-3,7-8,10-11H,4-6,9,15H2,1H3,(H,16,17). The van der Waals surface area contributed by atoms with Crippen LogP contribution in [0.25, 0.3) is 0 Å². The maximum atomic E-state index is 12.3. The minimum Gasteiger partial charge on any atom is -0.330 e. The summed E-state index contributed by atoms with van der Waals surface area (Å²) in [6, 6.07) is 7.91.